The lowest BCUT2D eigenvalue weighted by atomic mass is 10.0. The van der Waals surface area contributed by atoms with Crippen LogP contribution in [0.3, 0.4) is 0 Å². The molecule has 1 fully saturated rings. The SMILES string of the molecule is CCc1ccc(C(NC2CCCC2)C(=O)O)cc1. The average molecular weight is 247 g/mol. The number of aryl methyl sites for hydroxylation is 1. The Hall–Kier alpha value is -1.35. The van der Waals surface area contributed by atoms with Crippen LogP contribution < -0.4 is 5.32 Å². The van der Waals surface area contributed by atoms with Crippen molar-refractivity contribution in [1.82, 2.24) is 5.32 Å². The van der Waals surface area contributed by atoms with Gasteiger partial charge in [-0.15, -0.1) is 0 Å². The highest BCUT2D eigenvalue weighted by atomic mass is 16.4. The van der Waals surface area contributed by atoms with Crippen LogP contribution in [0, 0.1) is 0 Å². The molecule has 0 heterocycles. The Balaban J connectivity index is 2.10. The predicted molar refractivity (Wildman–Crippen MR) is 71.6 cm³/mol. The van der Waals surface area contributed by atoms with E-state index >= 15 is 0 Å². The van der Waals surface area contributed by atoms with E-state index in [-0.39, 0.29) is 0 Å². The molecule has 1 saturated carbocycles. The van der Waals surface area contributed by atoms with Crippen LogP contribution in [0.4, 0.5) is 0 Å². The van der Waals surface area contributed by atoms with Gasteiger partial charge in [0.15, 0.2) is 0 Å². The molecule has 18 heavy (non-hydrogen) atoms. The molecule has 3 heteroatoms. The van der Waals surface area contributed by atoms with E-state index in [1.54, 1.807) is 0 Å². The fourth-order valence-corrected chi connectivity index (χ4v) is 2.58. The number of carboxylic acid groups (broad SMARTS) is 1. The van der Waals surface area contributed by atoms with E-state index in [9.17, 15) is 9.90 Å². The summed E-state index contributed by atoms with van der Waals surface area (Å²) in [7, 11) is 0. The summed E-state index contributed by atoms with van der Waals surface area (Å²) in [5, 5.41) is 12.6. The quantitative estimate of drug-likeness (QED) is 0.841. The first-order valence-electron chi connectivity index (χ1n) is 6.78. The van der Waals surface area contributed by atoms with Gasteiger partial charge in [-0.1, -0.05) is 44.0 Å². The van der Waals surface area contributed by atoms with E-state index < -0.39 is 12.0 Å². The number of benzene rings is 1. The fourth-order valence-electron chi connectivity index (χ4n) is 2.58. The third-order valence-corrected chi connectivity index (χ3v) is 3.73. The van der Waals surface area contributed by atoms with E-state index in [2.05, 4.69) is 12.2 Å². The number of rotatable bonds is 5. The van der Waals surface area contributed by atoms with Crippen LogP contribution in [0.1, 0.15) is 49.8 Å². The van der Waals surface area contributed by atoms with Crippen LogP contribution in [0.25, 0.3) is 0 Å². The van der Waals surface area contributed by atoms with Gasteiger partial charge in [-0.2, -0.15) is 0 Å². The number of aliphatic carboxylic acids is 1. The highest BCUT2D eigenvalue weighted by Crippen LogP contribution is 2.22. The van der Waals surface area contributed by atoms with Crippen molar-refractivity contribution >= 4 is 5.97 Å². The minimum Gasteiger partial charge on any atom is -0.480 e. The Morgan fingerprint density at radius 3 is 2.44 bits per heavy atom. The maximum atomic E-state index is 11.4. The maximum absolute atomic E-state index is 11.4. The molecule has 2 rings (SSSR count). The van der Waals surface area contributed by atoms with Gasteiger partial charge in [-0.25, -0.2) is 0 Å². The van der Waals surface area contributed by atoms with Crippen molar-refractivity contribution in [2.45, 2.75) is 51.1 Å². The zero-order valence-corrected chi connectivity index (χ0v) is 10.9. The first-order chi connectivity index (χ1) is 8.70. The molecule has 0 bridgehead atoms. The van der Waals surface area contributed by atoms with Crippen molar-refractivity contribution in [3.05, 3.63) is 35.4 Å². The third kappa shape index (κ3) is 3.10. The molecule has 0 aliphatic heterocycles. The molecular weight excluding hydrogens is 226 g/mol. The van der Waals surface area contributed by atoms with Crippen LogP contribution in [-0.2, 0) is 11.2 Å². The predicted octanol–water partition coefficient (Wildman–Crippen LogP) is 2.91. The lowest BCUT2D eigenvalue weighted by molar-refractivity contribution is -0.139. The Bertz CT molecular complexity index is 393. The first kappa shape index (κ1) is 13.1. The van der Waals surface area contributed by atoms with Gasteiger partial charge >= 0.3 is 5.97 Å². The summed E-state index contributed by atoms with van der Waals surface area (Å²) < 4.78 is 0. The highest BCUT2D eigenvalue weighted by molar-refractivity contribution is 5.75. The number of nitrogens with one attached hydrogen (secondary N) is 1. The number of hydrogen-bond donors (Lipinski definition) is 2. The monoisotopic (exact) mass is 247 g/mol. The van der Waals surface area contributed by atoms with Crippen molar-refractivity contribution in [1.29, 1.82) is 0 Å². The van der Waals surface area contributed by atoms with Crippen molar-refractivity contribution in [3.8, 4) is 0 Å². The molecule has 0 spiro atoms. The van der Waals surface area contributed by atoms with Crippen LogP contribution in [0.15, 0.2) is 24.3 Å². The molecule has 98 valence electrons. The zero-order chi connectivity index (χ0) is 13.0. The molecule has 1 aromatic carbocycles. The molecule has 0 aromatic heterocycles. The van der Waals surface area contributed by atoms with Crippen LogP contribution in [0.5, 0.6) is 0 Å². The Kier molecular flexibility index (Phi) is 4.37. The van der Waals surface area contributed by atoms with Gasteiger partial charge in [0.25, 0.3) is 0 Å². The molecule has 1 unspecified atom stereocenters. The van der Waals surface area contributed by atoms with Gasteiger partial charge in [0, 0.05) is 6.04 Å². The summed E-state index contributed by atoms with van der Waals surface area (Å²) in [5.41, 5.74) is 2.09. The van der Waals surface area contributed by atoms with Crippen LogP contribution in [-0.4, -0.2) is 17.1 Å². The average Bonchev–Trinajstić information content (AvgIpc) is 2.89. The second-order valence-corrected chi connectivity index (χ2v) is 5.01. The van der Waals surface area contributed by atoms with E-state index in [1.165, 1.54) is 18.4 Å². The van der Waals surface area contributed by atoms with Gasteiger partial charge in [-0.05, 0) is 30.4 Å². The third-order valence-electron chi connectivity index (χ3n) is 3.73. The summed E-state index contributed by atoms with van der Waals surface area (Å²) in [6, 6.07) is 7.68. The van der Waals surface area contributed by atoms with Crippen molar-refractivity contribution < 1.29 is 9.90 Å². The topological polar surface area (TPSA) is 49.3 Å². The highest BCUT2D eigenvalue weighted by Gasteiger charge is 2.25. The Labute approximate surface area is 108 Å². The smallest absolute Gasteiger partial charge is 0.325 e. The summed E-state index contributed by atoms with van der Waals surface area (Å²) in [6.45, 7) is 2.10. The van der Waals surface area contributed by atoms with Gasteiger partial charge in [0.05, 0.1) is 0 Å². The van der Waals surface area contributed by atoms with Gasteiger partial charge in [-0.3, -0.25) is 10.1 Å². The molecule has 0 amide bonds. The summed E-state index contributed by atoms with van der Waals surface area (Å²) in [5.74, 6) is -0.786. The molecule has 1 aliphatic carbocycles. The molecule has 0 radical (unpaired) electrons. The Morgan fingerprint density at radius 2 is 1.94 bits per heavy atom. The summed E-state index contributed by atoms with van der Waals surface area (Å²) in [6.07, 6.45) is 5.58. The number of carboxylic acids is 1. The van der Waals surface area contributed by atoms with Gasteiger partial charge in [0.2, 0.25) is 0 Å². The van der Waals surface area contributed by atoms with E-state index in [0.717, 1.165) is 24.8 Å². The van der Waals surface area contributed by atoms with Crippen LogP contribution >= 0.6 is 0 Å². The minimum atomic E-state index is -0.786. The summed E-state index contributed by atoms with van der Waals surface area (Å²) >= 11 is 0. The fraction of sp³-hybridized carbons (Fsp3) is 0.533. The molecular formula is C15H21NO2. The van der Waals surface area contributed by atoms with E-state index in [4.69, 9.17) is 0 Å². The Morgan fingerprint density at radius 1 is 1.33 bits per heavy atom. The molecule has 1 atom stereocenters. The van der Waals surface area contributed by atoms with Crippen LogP contribution in [0.2, 0.25) is 0 Å². The number of hydrogen-bond acceptors (Lipinski definition) is 2. The zero-order valence-electron chi connectivity index (χ0n) is 10.9. The number of carbonyl (C=O) groups is 1. The second kappa shape index (κ2) is 6.01. The van der Waals surface area contributed by atoms with E-state index in [1.807, 2.05) is 24.3 Å². The molecule has 1 aliphatic rings. The van der Waals surface area contributed by atoms with Gasteiger partial charge < -0.3 is 5.11 Å². The normalized spacial score (nSPS) is 17.8. The van der Waals surface area contributed by atoms with Crippen molar-refractivity contribution in [2.75, 3.05) is 0 Å². The minimum absolute atomic E-state index is 0.358. The van der Waals surface area contributed by atoms with Crippen molar-refractivity contribution in [3.63, 3.8) is 0 Å². The lowest BCUT2D eigenvalue weighted by Crippen LogP contribution is -2.35. The maximum Gasteiger partial charge on any atom is 0.325 e. The largest absolute Gasteiger partial charge is 0.480 e. The van der Waals surface area contributed by atoms with Crippen molar-refractivity contribution in [2.24, 2.45) is 0 Å². The molecule has 1 aromatic rings. The first-order valence-corrected chi connectivity index (χ1v) is 6.78. The molecule has 2 N–H and O–H groups in total. The summed E-state index contributed by atoms with van der Waals surface area (Å²) in [4.78, 5) is 11.4. The standard InChI is InChI=1S/C15H21NO2/c1-2-11-7-9-12(10-8-11)14(15(17)18)16-13-5-3-4-6-13/h7-10,13-14,16H,2-6H2,1H3,(H,17,18). The molecule has 0 saturated heterocycles. The lowest BCUT2D eigenvalue weighted by Gasteiger charge is -2.20. The second-order valence-electron chi connectivity index (χ2n) is 5.01. The van der Waals surface area contributed by atoms with E-state index in [0.29, 0.717) is 6.04 Å². The van der Waals surface area contributed by atoms with Gasteiger partial charge in [0.1, 0.15) is 6.04 Å². The molecule has 3 nitrogen and oxygen atoms in total.